The molecule has 10 heteroatoms. The normalized spacial score (nSPS) is 19.5. The molecule has 1 fully saturated rings. The summed E-state index contributed by atoms with van der Waals surface area (Å²) < 4.78 is 22.5. The van der Waals surface area contributed by atoms with Gasteiger partial charge in [-0.05, 0) is 11.6 Å². The van der Waals surface area contributed by atoms with E-state index in [0.29, 0.717) is 0 Å². The number of aromatic nitrogens is 2. The summed E-state index contributed by atoms with van der Waals surface area (Å²) in [4.78, 5) is 20.3. The Bertz CT molecular complexity index is 684. The molecule has 1 atom stereocenters. The van der Waals surface area contributed by atoms with E-state index in [1.54, 1.807) is 0 Å². The Morgan fingerprint density at radius 2 is 2.26 bits per heavy atom. The minimum Gasteiger partial charge on any atom is -0.294 e. The van der Waals surface area contributed by atoms with Crippen LogP contribution < -0.4 is 10.0 Å². The monoisotopic (exact) mass is 301 g/mol. The van der Waals surface area contributed by atoms with Crippen molar-refractivity contribution < 1.29 is 13.2 Å². The zero-order chi connectivity index (χ0) is 14.2. The first-order valence-electron chi connectivity index (χ1n) is 5.07. The lowest BCUT2D eigenvalue weighted by Gasteiger charge is -2.16. The first kappa shape index (κ1) is 13.7. The maximum absolute atomic E-state index is 11.8. The third-order valence-corrected chi connectivity index (χ3v) is 4.10. The number of primary sulfonamides is 1. The van der Waals surface area contributed by atoms with Crippen LogP contribution in [0.15, 0.2) is 6.20 Å². The third kappa shape index (κ3) is 2.65. The lowest BCUT2D eigenvalue weighted by Crippen LogP contribution is -2.32. The molecule has 0 saturated carbocycles. The molecule has 19 heavy (non-hydrogen) atoms. The second-order valence-electron chi connectivity index (χ2n) is 3.91. The van der Waals surface area contributed by atoms with Crippen LogP contribution in [0.25, 0.3) is 0 Å². The van der Waals surface area contributed by atoms with Gasteiger partial charge in [-0.3, -0.25) is 9.69 Å². The Morgan fingerprint density at radius 1 is 1.58 bits per heavy atom. The SMILES string of the molecule is N#Cc1cnc(Cl)nc1N1CC(S(N)(=O)=O)CC1=O. The topological polar surface area (TPSA) is 130 Å². The molecular formula is C9H8ClN5O3S. The summed E-state index contributed by atoms with van der Waals surface area (Å²) in [7, 11) is -3.83. The molecule has 2 N–H and O–H groups in total. The van der Waals surface area contributed by atoms with Crippen LogP contribution in [0.2, 0.25) is 5.28 Å². The fraction of sp³-hybridized carbons (Fsp3) is 0.333. The summed E-state index contributed by atoms with van der Waals surface area (Å²) >= 11 is 5.61. The summed E-state index contributed by atoms with van der Waals surface area (Å²) in [6.07, 6.45) is 0.924. The van der Waals surface area contributed by atoms with Gasteiger partial charge in [0.15, 0.2) is 5.82 Å². The van der Waals surface area contributed by atoms with Gasteiger partial charge in [-0.1, -0.05) is 0 Å². The Balaban J connectivity index is 2.42. The Labute approximate surface area is 113 Å². The Kier molecular flexibility index (Phi) is 3.40. The van der Waals surface area contributed by atoms with Crippen molar-refractivity contribution in [2.75, 3.05) is 11.4 Å². The van der Waals surface area contributed by atoms with E-state index < -0.39 is 21.2 Å². The van der Waals surface area contributed by atoms with E-state index in [1.165, 1.54) is 6.20 Å². The van der Waals surface area contributed by atoms with Gasteiger partial charge in [0.2, 0.25) is 21.2 Å². The summed E-state index contributed by atoms with van der Waals surface area (Å²) in [6, 6.07) is 1.82. The van der Waals surface area contributed by atoms with Gasteiger partial charge in [-0.2, -0.15) is 10.2 Å². The Hall–Kier alpha value is -1.76. The highest BCUT2D eigenvalue weighted by molar-refractivity contribution is 7.89. The lowest BCUT2D eigenvalue weighted by molar-refractivity contribution is -0.117. The average Bonchev–Trinajstić information content (AvgIpc) is 2.71. The first-order chi connectivity index (χ1) is 8.82. The zero-order valence-corrected chi connectivity index (χ0v) is 11.0. The van der Waals surface area contributed by atoms with E-state index >= 15 is 0 Å². The third-order valence-electron chi connectivity index (χ3n) is 2.67. The molecule has 0 spiro atoms. The second kappa shape index (κ2) is 4.73. The number of nitrogens with zero attached hydrogens (tertiary/aromatic N) is 4. The number of carbonyl (C=O) groups excluding carboxylic acids is 1. The van der Waals surface area contributed by atoms with E-state index in [0.717, 1.165) is 4.90 Å². The number of sulfonamides is 1. The fourth-order valence-corrected chi connectivity index (χ4v) is 2.60. The second-order valence-corrected chi connectivity index (χ2v) is 6.09. The molecular weight excluding hydrogens is 294 g/mol. The number of rotatable bonds is 2. The van der Waals surface area contributed by atoms with Gasteiger partial charge < -0.3 is 0 Å². The fourth-order valence-electron chi connectivity index (χ4n) is 1.74. The average molecular weight is 302 g/mol. The molecule has 2 heterocycles. The van der Waals surface area contributed by atoms with Crippen LogP contribution in [-0.4, -0.2) is 36.1 Å². The van der Waals surface area contributed by atoms with Gasteiger partial charge in [-0.25, -0.2) is 18.5 Å². The molecule has 0 bridgehead atoms. The molecule has 1 saturated heterocycles. The molecule has 0 radical (unpaired) electrons. The number of nitriles is 1. The molecule has 1 aliphatic rings. The van der Waals surface area contributed by atoms with E-state index in [9.17, 15) is 13.2 Å². The number of anilines is 1. The molecule has 1 amide bonds. The van der Waals surface area contributed by atoms with Crippen molar-refractivity contribution in [2.24, 2.45) is 5.14 Å². The van der Waals surface area contributed by atoms with Crippen LogP contribution in [0.5, 0.6) is 0 Å². The van der Waals surface area contributed by atoms with Gasteiger partial charge in [0, 0.05) is 13.0 Å². The summed E-state index contributed by atoms with van der Waals surface area (Å²) in [5.41, 5.74) is 0.0350. The maximum Gasteiger partial charge on any atom is 0.229 e. The maximum atomic E-state index is 11.8. The molecule has 1 aliphatic heterocycles. The number of hydrogen-bond donors (Lipinski definition) is 1. The predicted molar refractivity (Wildman–Crippen MR) is 65.6 cm³/mol. The quantitative estimate of drug-likeness (QED) is 0.725. The van der Waals surface area contributed by atoms with Gasteiger partial charge in [0.1, 0.15) is 16.9 Å². The van der Waals surface area contributed by atoms with Crippen molar-refractivity contribution in [2.45, 2.75) is 11.7 Å². The number of amides is 1. The van der Waals surface area contributed by atoms with E-state index in [-0.39, 0.29) is 29.6 Å². The Morgan fingerprint density at radius 3 is 2.79 bits per heavy atom. The summed E-state index contributed by atoms with van der Waals surface area (Å²) in [5.74, 6) is -0.482. The summed E-state index contributed by atoms with van der Waals surface area (Å²) in [5, 5.41) is 12.8. The van der Waals surface area contributed by atoms with E-state index in [4.69, 9.17) is 22.0 Å². The molecule has 2 rings (SSSR count). The van der Waals surface area contributed by atoms with Crippen molar-refractivity contribution in [3.8, 4) is 6.07 Å². The van der Waals surface area contributed by atoms with Crippen LogP contribution in [0.4, 0.5) is 5.82 Å². The molecule has 8 nitrogen and oxygen atoms in total. The number of halogens is 1. The zero-order valence-electron chi connectivity index (χ0n) is 9.45. The highest BCUT2D eigenvalue weighted by Crippen LogP contribution is 2.25. The first-order valence-corrected chi connectivity index (χ1v) is 7.06. The van der Waals surface area contributed by atoms with Crippen LogP contribution in [0, 0.1) is 11.3 Å². The van der Waals surface area contributed by atoms with Crippen LogP contribution in [0.3, 0.4) is 0 Å². The van der Waals surface area contributed by atoms with E-state index in [2.05, 4.69) is 9.97 Å². The lowest BCUT2D eigenvalue weighted by atomic mass is 10.3. The standard InChI is InChI=1S/C9H8ClN5O3S/c10-9-13-3-5(2-11)8(14-9)15-4-6(1-7(15)16)19(12,17)18/h3,6H,1,4H2,(H2,12,17,18). The number of nitrogens with two attached hydrogens (primary N) is 1. The van der Waals surface area contributed by atoms with E-state index in [1.807, 2.05) is 6.07 Å². The van der Waals surface area contributed by atoms with Crippen LogP contribution in [0.1, 0.15) is 12.0 Å². The minimum atomic E-state index is -3.83. The number of carbonyl (C=O) groups is 1. The van der Waals surface area contributed by atoms with Crippen molar-refractivity contribution in [3.05, 3.63) is 17.0 Å². The molecule has 1 unspecified atom stereocenters. The number of hydrogen-bond acceptors (Lipinski definition) is 6. The van der Waals surface area contributed by atoms with Crippen molar-refractivity contribution >= 4 is 33.3 Å². The molecule has 1 aromatic heterocycles. The molecule has 100 valence electrons. The van der Waals surface area contributed by atoms with Crippen molar-refractivity contribution in [3.63, 3.8) is 0 Å². The highest BCUT2D eigenvalue weighted by atomic mass is 35.5. The van der Waals surface area contributed by atoms with Gasteiger partial charge in [0.05, 0.1) is 6.20 Å². The minimum absolute atomic E-state index is 0.00125. The predicted octanol–water partition coefficient (Wildman–Crippen LogP) is -0.605. The van der Waals surface area contributed by atoms with Crippen LogP contribution >= 0.6 is 11.6 Å². The van der Waals surface area contributed by atoms with Crippen molar-refractivity contribution in [1.82, 2.24) is 9.97 Å². The summed E-state index contributed by atoms with van der Waals surface area (Å²) in [6.45, 7) is -0.153. The van der Waals surface area contributed by atoms with Crippen molar-refractivity contribution in [1.29, 1.82) is 5.26 Å². The molecule has 0 aliphatic carbocycles. The van der Waals surface area contributed by atoms with Crippen LogP contribution in [-0.2, 0) is 14.8 Å². The van der Waals surface area contributed by atoms with Gasteiger partial charge in [0.25, 0.3) is 0 Å². The highest BCUT2D eigenvalue weighted by Gasteiger charge is 2.38. The van der Waals surface area contributed by atoms with Gasteiger partial charge >= 0.3 is 0 Å². The molecule has 0 aromatic carbocycles. The largest absolute Gasteiger partial charge is 0.294 e. The molecule has 1 aromatic rings. The smallest absolute Gasteiger partial charge is 0.229 e. The van der Waals surface area contributed by atoms with Gasteiger partial charge in [-0.15, -0.1) is 0 Å².